The van der Waals surface area contributed by atoms with Crippen molar-refractivity contribution in [2.45, 2.75) is 26.3 Å². The van der Waals surface area contributed by atoms with Crippen LogP contribution >= 0.6 is 0 Å². The molecule has 0 aliphatic carbocycles. The lowest BCUT2D eigenvalue weighted by atomic mass is 9.98. The van der Waals surface area contributed by atoms with Gasteiger partial charge in [-0.2, -0.15) is 0 Å². The van der Waals surface area contributed by atoms with Crippen LogP contribution in [0.15, 0.2) is 6.20 Å². The number of nitrogens with zero attached hydrogens (tertiary/aromatic N) is 3. The fourth-order valence-corrected chi connectivity index (χ4v) is 2.73. The fraction of sp³-hybridized carbons (Fsp3) is 0.786. The zero-order valence-corrected chi connectivity index (χ0v) is 12.4. The van der Waals surface area contributed by atoms with Crippen molar-refractivity contribution >= 4 is 5.95 Å². The van der Waals surface area contributed by atoms with Crippen molar-refractivity contribution in [2.24, 2.45) is 5.92 Å². The maximum absolute atomic E-state index is 5.16. The Morgan fingerprint density at radius 2 is 2.21 bits per heavy atom. The summed E-state index contributed by atoms with van der Waals surface area (Å²) in [7, 11) is 3.88. The summed E-state index contributed by atoms with van der Waals surface area (Å²) in [6.07, 6.45) is 4.64. The minimum atomic E-state index is 0.726. The molecule has 1 aliphatic rings. The Labute approximate surface area is 116 Å². The predicted molar refractivity (Wildman–Crippen MR) is 77.7 cm³/mol. The molecule has 0 saturated carbocycles. The molecule has 0 unspecified atom stereocenters. The SMILES string of the molecule is COCCn1cc(C)nc1N(C)CC1CCNCC1. The summed E-state index contributed by atoms with van der Waals surface area (Å²) in [4.78, 5) is 6.94. The van der Waals surface area contributed by atoms with Crippen molar-refractivity contribution in [3.63, 3.8) is 0 Å². The van der Waals surface area contributed by atoms with Gasteiger partial charge in [0.05, 0.1) is 12.3 Å². The molecule has 2 rings (SSSR count). The molecular formula is C14H26N4O. The first kappa shape index (κ1) is 14.3. The monoisotopic (exact) mass is 266 g/mol. The van der Waals surface area contributed by atoms with E-state index in [1.54, 1.807) is 7.11 Å². The molecule has 0 amide bonds. The normalized spacial score (nSPS) is 16.8. The molecule has 1 aromatic rings. The van der Waals surface area contributed by atoms with Crippen LogP contribution in [0.3, 0.4) is 0 Å². The topological polar surface area (TPSA) is 42.3 Å². The van der Waals surface area contributed by atoms with E-state index in [0.29, 0.717) is 0 Å². The molecule has 1 aromatic heterocycles. The number of aromatic nitrogens is 2. The van der Waals surface area contributed by atoms with Crippen LogP contribution in [0.25, 0.3) is 0 Å². The largest absolute Gasteiger partial charge is 0.383 e. The number of anilines is 1. The zero-order valence-electron chi connectivity index (χ0n) is 12.4. The number of ether oxygens (including phenoxy) is 1. The van der Waals surface area contributed by atoms with Gasteiger partial charge in [0.25, 0.3) is 0 Å². The van der Waals surface area contributed by atoms with Gasteiger partial charge in [-0.1, -0.05) is 0 Å². The molecule has 0 radical (unpaired) electrons. The maximum Gasteiger partial charge on any atom is 0.205 e. The number of piperidine rings is 1. The maximum atomic E-state index is 5.16. The second-order valence-electron chi connectivity index (χ2n) is 5.44. The summed E-state index contributed by atoms with van der Waals surface area (Å²) in [5.41, 5.74) is 1.07. The van der Waals surface area contributed by atoms with Crippen LogP contribution in [0.5, 0.6) is 0 Å². The summed E-state index contributed by atoms with van der Waals surface area (Å²) < 4.78 is 7.36. The van der Waals surface area contributed by atoms with Gasteiger partial charge >= 0.3 is 0 Å². The summed E-state index contributed by atoms with van der Waals surface area (Å²) in [6, 6.07) is 0. The molecule has 0 bridgehead atoms. The van der Waals surface area contributed by atoms with Crippen LogP contribution < -0.4 is 10.2 Å². The summed E-state index contributed by atoms with van der Waals surface area (Å²) in [5.74, 6) is 1.84. The van der Waals surface area contributed by atoms with Crippen LogP contribution in [0.2, 0.25) is 0 Å². The Kier molecular flexibility index (Phi) is 5.22. The lowest BCUT2D eigenvalue weighted by Gasteiger charge is -2.28. The molecular weight excluding hydrogens is 240 g/mol. The Balaban J connectivity index is 1.98. The van der Waals surface area contributed by atoms with Gasteiger partial charge in [-0.3, -0.25) is 0 Å². The molecule has 1 N–H and O–H groups in total. The first-order valence-corrected chi connectivity index (χ1v) is 7.15. The third-order valence-corrected chi connectivity index (χ3v) is 3.74. The number of aryl methyl sites for hydroxylation is 1. The number of nitrogens with one attached hydrogen (secondary N) is 1. The van der Waals surface area contributed by atoms with Gasteiger partial charge in [-0.05, 0) is 38.8 Å². The van der Waals surface area contributed by atoms with E-state index in [1.165, 1.54) is 12.8 Å². The molecule has 5 nitrogen and oxygen atoms in total. The Morgan fingerprint density at radius 3 is 2.89 bits per heavy atom. The lowest BCUT2D eigenvalue weighted by molar-refractivity contribution is 0.187. The quantitative estimate of drug-likeness (QED) is 0.842. The van der Waals surface area contributed by atoms with E-state index in [2.05, 4.69) is 33.0 Å². The molecule has 5 heteroatoms. The minimum absolute atomic E-state index is 0.726. The van der Waals surface area contributed by atoms with Gasteiger partial charge in [0.15, 0.2) is 0 Å². The standard InChI is InChI=1S/C14H26N4O/c1-12-10-18(8-9-19-3)14(16-12)17(2)11-13-4-6-15-7-5-13/h10,13,15H,4-9,11H2,1-3H3. The molecule has 0 atom stereocenters. The van der Waals surface area contributed by atoms with E-state index >= 15 is 0 Å². The highest BCUT2D eigenvalue weighted by molar-refractivity contribution is 5.32. The second kappa shape index (κ2) is 6.91. The van der Waals surface area contributed by atoms with Gasteiger partial charge in [-0.25, -0.2) is 4.98 Å². The number of imidazole rings is 1. The van der Waals surface area contributed by atoms with Crippen LogP contribution in [0.1, 0.15) is 18.5 Å². The van der Waals surface area contributed by atoms with E-state index in [0.717, 1.165) is 50.3 Å². The molecule has 19 heavy (non-hydrogen) atoms. The fourth-order valence-electron chi connectivity index (χ4n) is 2.73. The highest BCUT2D eigenvalue weighted by Gasteiger charge is 2.18. The second-order valence-corrected chi connectivity index (χ2v) is 5.44. The first-order chi connectivity index (χ1) is 9.20. The van der Waals surface area contributed by atoms with E-state index in [1.807, 2.05) is 6.92 Å². The molecule has 1 aliphatic heterocycles. The van der Waals surface area contributed by atoms with Crippen molar-refractivity contribution < 1.29 is 4.74 Å². The number of hydrogen-bond acceptors (Lipinski definition) is 4. The Hall–Kier alpha value is -1.07. The van der Waals surface area contributed by atoms with Crippen LogP contribution in [-0.2, 0) is 11.3 Å². The molecule has 2 heterocycles. The summed E-state index contributed by atoms with van der Waals surface area (Å²) in [6.45, 7) is 7.02. The molecule has 1 saturated heterocycles. The zero-order chi connectivity index (χ0) is 13.7. The molecule has 0 aromatic carbocycles. The molecule has 0 spiro atoms. The first-order valence-electron chi connectivity index (χ1n) is 7.15. The number of methoxy groups -OCH3 is 1. The van der Waals surface area contributed by atoms with Gasteiger partial charge in [0.2, 0.25) is 5.95 Å². The van der Waals surface area contributed by atoms with Crippen LogP contribution in [0.4, 0.5) is 5.95 Å². The van der Waals surface area contributed by atoms with E-state index in [4.69, 9.17) is 4.74 Å². The van der Waals surface area contributed by atoms with Crippen molar-refractivity contribution in [1.29, 1.82) is 0 Å². The van der Waals surface area contributed by atoms with Gasteiger partial charge in [-0.15, -0.1) is 0 Å². The van der Waals surface area contributed by atoms with E-state index < -0.39 is 0 Å². The highest BCUT2D eigenvalue weighted by atomic mass is 16.5. The van der Waals surface area contributed by atoms with Crippen molar-refractivity contribution in [2.75, 3.05) is 45.3 Å². The average Bonchev–Trinajstić information content (AvgIpc) is 2.79. The average molecular weight is 266 g/mol. The summed E-state index contributed by atoms with van der Waals surface area (Å²) in [5, 5.41) is 3.42. The minimum Gasteiger partial charge on any atom is -0.383 e. The smallest absolute Gasteiger partial charge is 0.205 e. The van der Waals surface area contributed by atoms with Crippen LogP contribution in [-0.4, -0.2) is 49.9 Å². The van der Waals surface area contributed by atoms with Crippen molar-refractivity contribution in [3.05, 3.63) is 11.9 Å². The van der Waals surface area contributed by atoms with Gasteiger partial charge in [0.1, 0.15) is 0 Å². The molecule has 108 valence electrons. The Morgan fingerprint density at radius 1 is 1.47 bits per heavy atom. The lowest BCUT2D eigenvalue weighted by Crippen LogP contribution is -2.35. The van der Waals surface area contributed by atoms with Gasteiger partial charge in [0, 0.05) is 33.4 Å². The number of rotatable bonds is 6. The predicted octanol–water partition coefficient (Wildman–Crippen LogP) is 1.27. The highest BCUT2D eigenvalue weighted by Crippen LogP contribution is 2.18. The Bertz CT molecular complexity index is 385. The van der Waals surface area contributed by atoms with Crippen molar-refractivity contribution in [3.8, 4) is 0 Å². The van der Waals surface area contributed by atoms with Crippen molar-refractivity contribution in [1.82, 2.24) is 14.9 Å². The van der Waals surface area contributed by atoms with E-state index in [-0.39, 0.29) is 0 Å². The van der Waals surface area contributed by atoms with E-state index in [9.17, 15) is 0 Å². The van der Waals surface area contributed by atoms with Gasteiger partial charge < -0.3 is 19.5 Å². The van der Waals surface area contributed by atoms with Crippen LogP contribution in [0, 0.1) is 12.8 Å². The third-order valence-electron chi connectivity index (χ3n) is 3.74. The molecule has 1 fully saturated rings. The third kappa shape index (κ3) is 3.94. The summed E-state index contributed by atoms with van der Waals surface area (Å²) >= 11 is 0. The number of hydrogen-bond donors (Lipinski definition) is 1.